The molecule has 0 aliphatic carbocycles. The van der Waals surface area contributed by atoms with Crippen molar-refractivity contribution in [1.29, 1.82) is 0 Å². The first-order chi connectivity index (χ1) is 14.6. The molecule has 1 amide bonds. The Balaban J connectivity index is 1.92. The predicted octanol–water partition coefficient (Wildman–Crippen LogP) is 2.53. The molecule has 0 saturated heterocycles. The predicted molar refractivity (Wildman–Crippen MR) is 121 cm³/mol. The van der Waals surface area contributed by atoms with Gasteiger partial charge in [-0.15, -0.1) is 11.7 Å². The first-order valence-electron chi connectivity index (χ1n) is 9.09. The fraction of sp³-hybridized carbons (Fsp3) is 0.190. The van der Waals surface area contributed by atoms with Crippen molar-refractivity contribution >= 4 is 44.5 Å². The van der Waals surface area contributed by atoms with Crippen molar-refractivity contribution in [2.45, 2.75) is 6.17 Å². The molecule has 0 fully saturated rings. The molecular formula is C21H19BrN4O3S. The molecule has 0 unspecified atom stereocenters. The lowest BCUT2D eigenvalue weighted by Crippen LogP contribution is -2.50. The van der Waals surface area contributed by atoms with Crippen molar-refractivity contribution in [2.24, 2.45) is 10.1 Å². The summed E-state index contributed by atoms with van der Waals surface area (Å²) in [6.45, 7) is 3.73. The molecule has 9 heteroatoms. The average molecular weight is 487 g/mol. The SMILES string of the molecule is C=CCSC1=NN2C(=c3ccccc3=N[C@H]2c2cc(Br)c(OC)c(OC)c2)C(=O)N1. The van der Waals surface area contributed by atoms with E-state index in [0.717, 1.165) is 20.6 Å². The van der Waals surface area contributed by atoms with Gasteiger partial charge in [0.05, 0.1) is 24.0 Å². The maximum Gasteiger partial charge on any atom is 0.276 e. The van der Waals surface area contributed by atoms with Crippen molar-refractivity contribution in [1.82, 2.24) is 10.3 Å². The molecule has 154 valence electrons. The summed E-state index contributed by atoms with van der Waals surface area (Å²) in [7, 11) is 3.16. The van der Waals surface area contributed by atoms with Gasteiger partial charge in [0, 0.05) is 16.5 Å². The van der Waals surface area contributed by atoms with Crippen LogP contribution in [0.2, 0.25) is 0 Å². The number of hydrazone groups is 1. The van der Waals surface area contributed by atoms with Crippen LogP contribution in [-0.2, 0) is 4.79 Å². The second-order valence-electron chi connectivity index (χ2n) is 6.41. The Morgan fingerprint density at radius 1 is 1.30 bits per heavy atom. The van der Waals surface area contributed by atoms with E-state index < -0.39 is 6.17 Å². The number of nitrogens with one attached hydrogen (secondary N) is 1. The number of fused-ring (bicyclic) bond motifs is 2. The van der Waals surface area contributed by atoms with Crippen LogP contribution < -0.4 is 25.4 Å². The number of halogens is 1. The van der Waals surface area contributed by atoms with Crippen LogP contribution in [0.4, 0.5) is 0 Å². The van der Waals surface area contributed by atoms with Crippen LogP contribution >= 0.6 is 27.7 Å². The second-order valence-corrected chi connectivity index (χ2v) is 8.27. The smallest absolute Gasteiger partial charge is 0.276 e. The minimum atomic E-state index is -0.545. The molecule has 7 nitrogen and oxygen atoms in total. The Bertz CT molecular complexity index is 1180. The molecule has 0 aromatic heterocycles. The van der Waals surface area contributed by atoms with E-state index in [-0.39, 0.29) is 5.91 Å². The van der Waals surface area contributed by atoms with Gasteiger partial charge in [0.1, 0.15) is 5.70 Å². The van der Waals surface area contributed by atoms with Crippen LogP contribution in [0.1, 0.15) is 11.7 Å². The number of thioether (sulfide) groups is 1. The third-order valence-electron chi connectivity index (χ3n) is 4.61. The van der Waals surface area contributed by atoms with E-state index in [9.17, 15) is 4.79 Å². The highest BCUT2D eigenvalue weighted by Crippen LogP contribution is 2.40. The van der Waals surface area contributed by atoms with Gasteiger partial charge in [0.15, 0.2) is 22.8 Å². The number of carbonyl (C=O) groups is 1. The Hall–Kier alpha value is -2.78. The summed E-state index contributed by atoms with van der Waals surface area (Å²) < 4.78 is 11.6. The minimum Gasteiger partial charge on any atom is -0.493 e. The van der Waals surface area contributed by atoms with Gasteiger partial charge in [-0.3, -0.25) is 15.1 Å². The Kier molecular flexibility index (Phi) is 5.83. The molecule has 0 spiro atoms. The van der Waals surface area contributed by atoms with E-state index >= 15 is 0 Å². The van der Waals surface area contributed by atoms with Gasteiger partial charge >= 0.3 is 0 Å². The number of benzene rings is 2. The van der Waals surface area contributed by atoms with Crippen molar-refractivity contribution < 1.29 is 14.3 Å². The molecule has 0 bridgehead atoms. The summed E-state index contributed by atoms with van der Waals surface area (Å²) in [6.07, 6.45) is 1.22. The Morgan fingerprint density at radius 3 is 2.83 bits per heavy atom. The lowest BCUT2D eigenvalue weighted by atomic mass is 10.1. The Labute approximate surface area is 186 Å². The minimum absolute atomic E-state index is 0.219. The molecule has 0 radical (unpaired) electrons. The molecule has 2 aromatic carbocycles. The zero-order valence-electron chi connectivity index (χ0n) is 16.4. The summed E-state index contributed by atoms with van der Waals surface area (Å²) in [5.74, 6) is 1.55. The van der Waals surface area contributed by atoms with Crippen molar-refractivity contribution in [3.8, 4) is 11.5 Å². The number of para-hydroxylation sites is 1. The number of ether oxygens (including phenoxy) is 2. The van der Waals surface area contributed by atoms with E-state index in [2.05, 4.69) is 27.8 Å². The van der Waals surface area contributed by atoms with E-state index in [1.54, 1.807) is 25.3 Å². The maximum absolute atomic E-state index is 13.0. The van der Waals surface area contributed by atoms with Gasteiger partial charge in [0.2, 0.25) is 0 Å². The number of amidine groups is 1. The highest BCUT2D eigenvalue weighted by molar-refractivity contribution is 9.10. The van der Waals surface area contributed by atoms with Gasteiger partial charge in [-0.05, 0) is 34.1 Å². The monoisotopic (exact) mass is 486 g/mol. The third kappa shape index (κ3) is 3.59. The molecule has 2 heterocycles. The Morgan fingerprint density at radius 2 is 2.10 bits per heavy atom. The molecule has 4 rings (SSSR count). The van der Waals surface area contributed by atoms with Gasteiger partial charge in [0.25, 0.3) is 5.91 Å². The van der Waals surface area contributed by atoms with Crippen LogP contribution in [0.15, 0.2) is 63.6 Å². The normalized spacial score (nSPS) is 17.2. The van der Waals surface area contributed by atoms with Gasteiger partial charge < -0.3 is 9.47 Å². The van der Waals surface area contributed by atoms with E-state index in [4.69, 9.17) is 19.6 Å². The molecule has 1 N–H and O–H groups in total. The lowest BCUT2D eigenvalue weighted by molar-refractivity contribution is -0.116. The quantitative estimate of drug-likeness (QED) is 0.657. The molecule has 30 heavy (non-hydrogen) atoms. The summed E-state index contributed by atoms with van der Waals surface area (Å²) in [5, 5.41) is 11.2. The second kappa shape index (κ2) is 8.53. The number of amides is 1. The summed E-state index contributed by atoms with van der Waals surface area (Å²) in [5.41, 5.74) is 1.26. The van der Waals surface area contributed by atoms with Crippen LogP contribution in [0.25, 0.3) is 5.70 Å². The van der Waals surface area contributed by atoms with Crippen LogP contribution in [0.5, 0.6) is 11.5 Å². The highest BCUT2D eigenvalue weighted by Gasteiger charge is 2.35. The molecule has 2 aromatic rings. The fourth-order valence-electron chi connectivity index (χ4n) is 3.33. The number of rotatable bonds is 5. The van der Waals surface area contributed by atoms with Crippen LogP contribution in [-0.4, -0.2) is 36.1 Å². The number of hydrogen-bond donors (Lipinski definition) is 1. The van der Waals surface area contributed by atoms with E-state index in [1.807, 2.05) is 36.4 Å². The number of carbonyl (C=O) groups excluding carboxylic acids is 1. The number of nitrogens with zero attached hydrogens (tertiary/aromatic N) is 3. The average Bonchev–Trinajstić information content (AvgIpc) is 2.76. The summed E-state index contributed by atoms with van der Waals surface area (Å²) in [4.78, 5) is 17.9. The zero-order chi connectivity index (χ0) is 21.3. The van der Waals surface area contributed by atoms with E-state index in [1.165, 1.54) is 11.8 Å². The number of methoxy groups -OCH3 is 2. The highest BCUT2D eigenvalue weighted by atomic mass is 79.9. The molecule has 0 saturated carbocycles. The summed E-state index contributed by atoms with van der Waals surface area (Å²) in [6, 6.07) is 11.3. The topological polar surface area (TPSA) is 75.5 Å². The maximum atomic E-state index is 13.0. The zero-order valence-corrected chi connectivity index (χ0v) is 18.8. The van der Waals surface area contributed by atoms with Crippen LogP contribution in [0, 0.1) is 0 Å². The number of hydrogen-bond acceptors (Lipinski definition) is 7. The first-order valence-corrected chi connectivity index (χ1v) is 10.9. The molecule has 2 aliphatic heterocycles. The standard InChI is InChI=1S/C21H19BrN4O3S/c1-4-9-30-21-24-20(27)17-13-7-5-6-8-15(13)23-19(26(17)25-21)12-10-14(22)18(29-3)16(11-12)28-2/h4-8,10-11,19H,1,9H2,2-3H3,(H,24,25,27)/t19-/m1/s1. The van der Waals surface area contributed by atoms with Crippen molar-refractivity contribution in [2.75, 3.05) is 20.0 Å². The summed E-state index contributed by atoms with van der Waals surface area (Å²) >= 11 is 4.94. The molecule has 2 aliphatic rings. The lowest BCUT2D eigenvalue weighted by Gasteiger charge is -2.34. The molecule has 1 atom stereocenters. The van der Waals surface area contributed by atoms with E-state index in [0.29, 0.717) is 28.1 Å². The van der Waals surface area contributed by atoms with Crippen molar-refractivity contribution in [3.05, 3.63) is 69.7 Å². The van der Waals surface area contributed by atoms with Gasteiger partial charge in [-0.1, -0.05) is 36.0 Å². The third-order valence-corrected chi connectivity index (χ3v) is 6.06. The van der Waals surface area contributed by atoms with Gasteiger partial charge in [-0.2, -0.15) is 0 Å². The fourth-order valence-corrected chi connectivity index (χ4v) is 4.54. The first kappa shape index (κ1) is 20.5. The van der Waals surface area contributed by atoms with Crippen molar-refractivity contribution in [3.63, 3.8) is 0 Å². The largest absolute Gasteiger partial charge is 0.493 e. The molecular weight excluding hydrogens is 468 g/mol. The van der Waals surface area contributed by atoms with Crippen LogP contribution in [0.3, 0.4) is 0 Å². The van der Waals surface area contributed by atoms with Gasteiger partial charge in [-0.25, -0.2) is 5.01 Å².